The van der Waals surface area contributed by atoms with Gasteiger partial charge in [-0.3, -0.25) is 0 Å². The van der Waals surface area contributed by atoms with Gasteiger partial charge in [-0.05, 0) is 48.0 Å². The minimum atomic E-state index is 0.708. The number of aryl methyl sites for hydroxylation is 1. The van der Waals surface area contributed by atoms with Gasteiger partial charge in [0.05, 0.1) is 3.79 Å². The molecule has 0 radical (unpaired) electrons. The van der Waals surface area contributed by atoms with E-state index in [1.54, 1.807) is 0 Å². The van der Waals surface area contributed by atoms with Gasteiger partial charge in [0.25, 0.3) is 0 Å². The monoisotopic (exact) mass is 288 g/mol. The molecule has 2 rings (SSSR count). The number of rotatable bonds is 3. The van der Waals surface area contributed by atoms with Crippen molar-refractivity contribution in [3.63, 3.8) is 0 Å². The van der Waals surface area contributed by atoms with Crippen LogP contribution in [0.25, 0.3) is 0 Å². The van der Waals surface area contributed by atoms with Crippen LogP contribution in [-0.2, 0) is 6.42 Å². The number of nitrogens with one attached hydrogen (secondary N) is 1. The van der Waals surface area contributed by atoms with E-state index in [4.69, 9.17) is 0 Å². The summed E-state index contributed by atoms with van der Waals surface area (Å²) in [5, 5.41) is 3.46. The molecule has 0 aliphatic carbocycles. The average molecular weight is 289 g/mol. The Morgan fingerprint density at radius 2 is 2.47 bits per heavy atom. The highest BCUT2D eigenvalue weighted by Gasteiger charge is 2.18. The van der Waals surface area contributed by atoms with Gasteiger partial charge in [0, 0.05) is 30.6 Å². The van der Waals surface area contributed by atoms with Crippen molar-refractivity contribution in [1.29, 1.82) is 0 Å². The summed E-state index contributed by atoms with van der Waals surface area (Å²) in [6.45, 7) is 3.46. The zero-order chi connectivity index (χ0) is 10.7. The predicted octanol–water partition coefficient (Wildman–Crippen LogP) is 2.35. The number of hydrogen-bond acceptors (Lipinski definition) is 3. The lowest BCUT2D eigenvalue weighted by molar-refractivity contribution is 0.191. The third kappa shape index (κ3) is 3.28. The summed E-state index contributed by atoms with van der Waals surface area (Å²) in [5.41, 5.74) is 0. The molecule has 0 spiro atoms. The third-order valence-electron chi connectivity index (χ3n) is 3.00. The van der Waals surface area contributed by atoms with E-state index in [-0.39, 0.29) is 0 Å². The molecule has 1 atom stereocenters. The zero-order valence-electron chi connectivity index (χ0n) is 9.00. The minimum Gasteiger partial charge on any atom is -0.314 e. The number of nitrogens with zero attached hydrogens (tertiary/aromatic N) is 1. The molecule has 15 heavy (non-hydrogen) atoms. The Kier molecular flexibility index (Phi) is 4.20. The van der Waals surface area contributed by atoms with Gasteiger partial charge in [-0.15, -0.1) is 11.3 Å². The predicted molar refractivity (Wildman–Crippen MR) is 69.6 cm³/mol. The number of hydrogen-bond donors (Lipinski definition) is 1. The van der Waals surface area contributed by atoms with E-state index in [2.05, 4.69) is 45.3 Å². The molecule has 1 N–H and O–H groups in total. The summed E-state index contributed by atoms with van der Waals surface area (Å²) in [6, 6.07) is 5.08. The van der Waals surface area contributed by atoms with Crippen LogP contribution in [0.15, 0.2) is 15.9 Å². The molecule has 1 aliphatic rings. The van der Waals surface area contributed by atoms with Gasteiger partial charge >= 0.3 is 0 Å². The Labute approximate surface area is 104 Å². The van der Waals surface area contributed by atoms with Gasteiger partial charge in [-0.2, -0.15) is 0 Å². The first-order valence-electron chi connectivity index (χ1n) is 5.41. The van der Waals surface area contributed by atoms with Crippen molar-refractivity contribution in [2.24, 2.45) is 0 Å². The molecule has 0 amide bonds. The van der Waals surface area contributed by atoms with Crippen LogP contribution in [0.3, 0.4) is 0 Å². The molecule has 0 aromatic carbocycles. The molecule has 1 fully saturated rings. The number of halogens is 1. The fourth-order valence-corrected chi connectivity index (χ4v) is 3.48. The van der Waals surface area contributed by atoms with Gasteiger partial charge < -0.3 is 10.2 Å². The lowest BCUT2D eigenvalue weighted by Crippen LogP contribution is -2.49. The first-order valence-corrected chi connectivity index (χ1v) is 7.02. The van der Waals surface area contributed by atoms with E-state index in [1.165, 1.54) is 28.0 Å². The largest absolute Gasteiger partial charge is 0.314 e. The third-order valence-corrected chi connectivity index (χ3v) is 4.68. The maximum atomic E-state index is 3.51. The van der Waals surface area contributed by atoms with E-state index in [1.807, 2.05) is 11.3 Å². The highest BCUT2D eigenvalue weighted by atomic mass is 79.9. The quantitative estimate of drug-likeness (QED) is 0.919. The summed E-state index contributed by atoms with van der Waals surface area (Å²) >= 11 is 5.36. The van der Waals surface area contributed by atoms with Crippen LogP contribution in [0.5, 0.6) is 0 Å². The molecule has 1 aliphatic heterocycles. The molecule has 2 heterocycles. The van der Waals surface area contributed by atoms with Crippen LogP contribution < -0.4 is 5.32 Å². The Morgan fingerprint density at radius 1 is 1.60 bits per heavy atom. The highest BCUT2D eigenvalue weighted by Crippen LogP contribution is 2.23. The molecule has 0 bridgehead atoms. The average Bonchev–Trinajstić information content (AvgIpc) is 2.63. The molecule has 1 unspecified atom stereocenters. The molecular weight excluding hydrogens is 272 g/mol. The topological polar surface area (TPSA) is 15.3 Å². The molecule has 4 heteroatoms. The smallest absolute Gasteiger partial charge is 0.0701 e. The first-order chi connectivity index (χ1) is 7.25. The minimum absolute atomic E-state index is 0.708. The Morgan fingerprint density at radius 3 is 3.13 bits per heavy atom. The Hall–Kier alpha value is 0.1000. The second-order valence-corrected chi connectivity index (χ2v) is 6.63. The number of piperazine rings is 1. The van der Waals surface area contributed by atoms with Crippen molar-refractivity contribution in [3.8, 4) is 0 Å². The van der Waals surface area contributed by atoms with E-state index in [9.17, 15) is 0 Å². The van der Waals surface area contributed by atoms with Crippen LogP contribution in [0.1, 0.15) is 11.3 Å². The SMILES string of the molecule is CN1CCNCC1CCc1ccc(Br)s1. The van der Waals surface area contributed by atoms with Crippen molar-refractivity contribution in [1.82, 2.24) is 10.2 Å². The van der Waals surface area contributed by atoms with Crippen LogP contribution in [0, 0.1) is 0 Å². The molecule has 84 valence electrons. The second kappa shape index (κ2) is 5.43. The molecule has 1 aromatic heterocycles. The fourth-order valence-electron chi connectivity index (χ4n) is 1.98. The van der Waals surface area contributed by atoms with Crippen LogP contribution >= 0.6 is 27.3 Å². The number of thiophene rings is 1. The van der Waals surface area contributed by atoms with Crippen molar-refractivity contribution in [2.45, 2.75) is 18.9 Å². The van der Waals surface area contributed by atoms with Crippen LogP contribution in [0.2, 0.25) is 0 Å². The fraction of sp³-hybridized carbons (Fsp3) is 0.636. The summed E-state index contributed by atoms with van der Waals surface area (Å²) in [5.74, 6) is 0. The standard InChI is InChI=1S/C11H17BrN2S/c1-14-7-6-13-8-9(14)2-3-10-4-5-11(12)15-10/h4-5,9,13H,2-3,6-8H2,1H3. The van der Waals surface area contributed by atoms with Crippen LogP contribution in [0.4, 0.5) is 0 Å². The van der Waals surface area contributed by atoms with Gasteiger partial charge in [-0.1, -0.05) is 0 Å². The first kappa shape index (κ1) is 11.6. The lowest BCUT2D eigenvalue weighted by Gasteiger charge is -2.33. The van der Waals surface area contributed by atoms with Crippen LogP contribution in [-0.4, -0.2) is 37.6 Å². The lowest BCUT2D eigenvalue weighted by atomic mass is 10.1. The Bertz CT molecular complexity index is 313. The maximum absolute atomic E-state index is 3.51. The zero-order valence-corrected chi connectivity index (χ0v) is 11.4. The van der Waals surface area contributed by atoms with E-state index in [0.717, 1.165) is 13.1 Å². The van der Waals surface area contributed by atoms with Crippen molar-refractivity contribution in [3.05, 3.63) is 20.8 Å². The van der Waals surface area contributed by atoms with E-state index >= 15 is 0 Å². The van der Waals surface area contributed by atoms with E-state index in [0.29, 0.717) is 6.04 Å². The maximum Gasteiger partial charge on any atom is 0.0701 e. The number of likely N-dealkylation sites (N-methyl/N-ethyl adjacent to an activating group) is 1. The summed E-state index contributed by atoms with van der Waals surface area (Å²) in [4.78, 5) is 3.96. The molecule has 2 nitrogen and oxygen atoms in total. The molecule has 1 saturated heterocycles. The van der Waals surface area contributed by atoms with Crippen molar-refractivity contribution < 1.29 is 0 Å². The van der Waals surface area contributed by atoms with Gasteiger partial charge in [-0.25, -0.2) is 0 Å². The molecule has 1 aromatic rings. The molecular formula is C11H17BrN2S. The summed E-state index contributed by atoms with van der Waals surface area (Å²) in [6.07, 6.45) is 2.46. The Balaban J connectivity index is 1.81. The van der Waals surface area contributed by atoms with Crippen molar-refractivity contribution >= 4 is 27.3 Å². The molecule has 0 saturated carbocycles. The van der Waals surface area contributed by atoms with E-state index < -0.39 is 0 Å². The summed E-state index contributed by atoms with van der Waals surface area (Å²) < 4.78 is 1.24. The normalized spacial score (nSPS) is 23.2. The van der Waals surface area contributed by atoms with Gasteiger partial charge in [0.2, 0.25) is 0 Å². The van der Waals surface area contributed by atoms with Crippen molar-refractivity contribution in [2.75, 3.05) is 26.7 Å². The highest BCUT2D eigenvalue weighted by molar-refractivity contribution is 9.11. The van der Waals surface area contributed by atoms with Gasteiger partial charge in [0.1, 0.15) is 0 Å². The summed E-state index contributed by atoms with van der Waals surface area (Å²) in [7, 11) is 2.23. The van der Waals surface area contributed by atoms with Gasteiger partial charge in [0.15, 0.2) is 0 Å². The second-order valence-electron chi connectivity index (χ2n) is 4.08.